The van der Waals surface area contributed by atoms with E-state index in [1.807, 2.05) is 6.92 Å². The molecule has 2 aromatic heterocycles. The first-order chi connectivity index (χ1) is 6.77. The Bertz CT molecular complexity index is 392. The van der Waals surface area contributed by atoms with Crippen LogP contribution in [0.3, 0.4) is 0 Å². The summed E-state index contributed by atoms with van der Waals surface area (Å²) < 4.78 is 6.26. The van der Waals surface area contributed by atoms with Crippen LogP contribution >= 0.6 is 0 Å². The molecule has 0 bridgehead atoms. The number of aromatic nitrogens is 5. The molecule has 0 aromatic carbocycles. The van der Waals surface area contributed by atoms with Crippen LogP contribution < -0.4 is 5.73 Å². The van der Waals surface area contributed by atoms with E-state index in [-0.39, 0.29) is 6.04 Å². The minimum absolute atomic E-state index is 0.114. The Morgan fingerprint density at radius 3 is 3.14 bits per heavy atom. The molecule has 0 aliphatic heterocycles. The van der Waals surface area contributed by atoms with E-state index in [9.17, 15) is 0 Å². The van der Waals surface area contributed by atoms with Crippen LogP contribution in [0.5, 0.6) is 0 Å². The van der Waals surface area contributed by atoms with E-state index in [4.69, 9.17) is 5.73 Å². The minimum atomic E-state index is -0.114. The third-order valence-corrected chi connectivity index (χ3v) is 1.81. The minimum Gasteiger partial charge on any atom is -0.343 e. The molecule has 2 aromatic rings. The summed E-state index contributed by atoms with van der Waals surface area (Å²) in [5.74, 6) is 0.553. The number of hydrogen-bond donors (Lipinski definition) is 1. The van der Waals surface area contributed by atoms with Crippen LogP contribution in [0.2, 0.25) is 0 Å². The van der Waals surface area contributed by atoms with Gasteiger partial charge in [0.25, 0.3) is 0 Å². The molecule has 0 amide bonds. The van der Waals surface area contributed by atoms with E-state index in [2.05, 4.69) is 25.0 Å². The smallest absolute Gasteiger partial charge is 0.213 e. The summed E-state index contributed by atoms with van der Waals surface area (Å²) in [5, 5.41) is 11.3. The summed E-state index contributed by atoms with van der Waals surface area (Å²) in [6.07, 6.45) is 2.91. The lowest BCUT2D eigenvalue weighted by molar-refractivity contribution is 0.405. The van der Waals surface area contributed by atoms with Crippen molar-refractivity contribution in [2.45, 2.75) is 19.5 Å². The molecule has 2 rings (SSSR count). The molecule has 0 unspecified atom stereocenters. The van der Waals surface area contributed by atoms with E-state index >= 15 is 0 Å². The van der Waals surface area contributed by atoms with Gasteiger partial charge in [0.05, 0.1) is 11.9 Å². The normalized spacial score (nSPS) is 13.0. The van der Waals surface area contributed by atoms with Crippen molar-refractivity contribution in [1.29, 1.82) is 0 Å². The second kappa shape index (κ2) is 3.54. The fraction of sp³-hybridized carbons (Fsp3) is 0.429. The van der Waals surface area contributed by atoms with Crippen molar-refractivity contribution >= 4 is 0 Å². The molecular formula is C7H10N6O. The fourth-order valence-electron chi connectivity index (χ4n) is 1.14. The van der Waals surface area contributed by atoms with E-state index in [1.54, 1.807) is 10.9 Å². The first kappa shape index (κ1) is 8.82. The summed E-state index contributed by atoms with van der Waals surface area (Å²) in [7, 11) is 0. The van der Waals surface area contributed by atoms with Gasteiger partial charge in [0, 0.05) is 6.04 Å². The molecule has 0 spiro atoms. The van der Waals surface area contributed by atoms with Crippen molar-refractivity contribution in [1.82, 2.24) is 25.1 Å². The van der Waals surface area contributed by atoms with Crippen molar-refractivity contribution in [2.75, 3.05) is 0 Å². The highest BCUT2D eigenvalue weighted by molar-refractivity contribution is 5.00. The topological polar surface area (TPSA) is 95.7 Å². The summed E-state index contributed by atoms with van der Waals surface area (Å²) in [6.45, 7) is 2.29. The summed E-state index contributed by atoms with van der Waals surface area (Å²) >= 11 is 0. The van der Waals surface area contributed by atoms with E-state index in [1.165, 1.54) is 6.39 Å². The zero-order valence-corrected chi connectivity index (χ0v) is 7.66. The predicted octanol–water partition coefficient (Wildman–Crippen LogP) is -0.271. The van der Waals surface area contributed by atoms with Crippen LogP contribution in [0.1, 0.15) is 24.5 Å². The Kier molecular flexibility index (Phi) is 2.23. The number of nitrogens with zero attached hydrogens (tertiary/aromatic N) is 5. The Hall–Kier alpha value is -1.76. The highest BCUT2D eigenvalue weighted by Crippen LogP contribution is 2.07. The van der Waals surface area contributed by atoms with Gasteiger partial charge in [-0.15, -0.1) is 5.10 Å². The van der Waals surface area contributed by atoms with Crippen LogP contribution in [0.4, 0.5) is 0 Å². The molecule has 7 nitrogen and oxygen atoms in total. The van der Waals surface area contributed by atoms with Gasteiger partial charge in [0.15, 0.2) is 5.82 Å². The molecule has 0 saturated carbocycles. The molecule has 0 aliphatic carbocycles. The van der Waals surface area contributed by atoms with Crippen LogP contribution in [0, 0.1) is 0 Å². The van der Waals surface area contributed by atoms with Gasteiger partial charge < -0.3 is 10.3 Å². The van der Waals surface area contributed by atoms with Crippen molar-refractivity contribution in [3.63, 3.8) is 0 Å². The zero-order valence-electron chi connectivity index (χ0n) is 7.66. The van der Waals surface area contributed by atoms with Crippen molar-refractivity contribution in [2.24, 2.45) is 5.73 Å². The average Bonchev–Trinajstić information content (AvgIpc) is 2.75. The molecule has 74 valence electrons. The first-order valence-corrected chi connectivity index (χ1v) is 4.16. The quantitative estimate of drug-likeness (QED) is 0.722. The van der Waals surface area contributed by atoms with Gasteiger partial charge in [0.2, 0.25) is 6.39 Å². The van der Waals surface area contributed by atoms with Gasteiger partial charge in [-0.25, -0.2) is 4.68 Å². The molecule has 0 saturated heterocycles. The maximum absolute atomic E-state index is 5.72. The molecule has 1 atom stereocenters. The Labute approximate surface area is 79.9 Å². The molecule has 0 radical (unpaired) electrons. The van der Waals surface area contributed by atoms with Crippen molar-refractivity contribution in [3.8, 4) is 0 Å². The van der Waals surface area contributed by atoms with E-state index in [0.717, 1.165) is 5.69 Å². The number of rotatable bonds is 3. The van der Waals surface area contributed by atoms with Gasteiger partial charge in [0.1, 0.15) is 6.54 Å². The summed E-state index contributed by atoms with van der Waals surface area (Å²) in [5.41, 5.74) is 6.57. The second-order valence-electron chi connectivity index (χ2n) is 2.95. The third kappa shape index (κ3) is 1.62. The number of nitrogens with two attached hydrogens (primary N) is 1. The highest BCUT2D eigenvalue weighted by atomic mass is 16.5. The highest BCUT2D eigenvalue weighted by Gasteiger charge is 2.10. The van der Waals surface area contributed by atoms with Crippen LogP contribution in [-0.4, -0.2) is 25.1 Å². The van der Waals surface area contributed by atoms with Crippen LogP contribution in [-0.2, 0) is 6.54 Å². The number of hydrogen-bond acceptors (Lipinski definition) is 6. The standard InChI is InChI=1S/C7H10N6O/c1-5(8)6-2-10-12-13(6)3-7-9-4-14-11-7/h2,4-5H,3,8H2,1H3/t5-/m0/s1. The molecule has 7 heteroatoms. The summed E-state index contributed by atoms with van der Waals surface area (Å²) in [6, 6.07) is -0.114. The van der Waals surface area contributed by atoms with Gasteiger partial charge in [-0.2, -0.15) is 4.98 Å². The first-order valence-electron chi connectivity index (χ1n) is 4.16. The maximum Gasteiger partial charge on any atom is 0.213 e. The monoisotopic (exact) mass is 194 g/mol. The summed E-state index contributed by atoms with van der Waals surface area (Å²) in [4.78, 5) is 3.88. The van der Waals surface area contributed by atoms with Gasteiger partial charge in [-0.05, 0) is 6.92 Å². The average molecular weight is 194 g/mol. The molecule has 0 aliphatic rings. The predicted molar refractivity (Wildman–Crippen MR) is 46.0 cm³/mol. The maximum atomic E-state index is 5.72. The Balaban J connectivity index is 2.21. The molecule has 2 heterocycles. The third-order valence-electron chi connectivity index (χ3n) is 1.81. The van der Waals surface area contributed by atoms with E-state index < -0.39 is 0 Å². The van der Waals surface area contributed by atoms with E-state index in [0.29, 0.717) is 12.4 Å². The second-order valence-corrected chi connectivity index (χ2v) is 2.95. The largest absolute Gasteiger partial charge is 0.343 e. The van der Waals surface area contributed by atoms with Crippen molar-refractivity contribution < 1.29 is 4.52 Å². The Morgan fingerprint density at radius 1 is 1.64 bits per heavy atom. The van der Waals surface area contributed by atoms with Gasteiger partial charge >= 0.3 is 0 Å². The lowest BCUT2D eigenvalue weighted by Gasteiger charge is -2.05. The lowest BCUT2D eigenvalue weighted by atomic mass is 10.3. The van der Waals surface area contributed by atoms with Crippen LogP contribution in [0.15, 0.2) is 17.1 Å². The molecule has 0 fully saturated rings. The fourth-order valence-corrected chi connectivity index (χ4v) is 1.14. The van der Waals surface area contributed by atoms with Gasteiger partial charge in [-0.3, -0.25) is 0 Å². The van der Waals surface area contributed by atoms with Crippen molar-refractivity contribution in [3.05, 3.63) is 24.1 Å². The molecule has 14 heavy (non-hydrogen) atoms. The molecule has 2 N–H and O–H groups in total. The Morgan fingerprint density at radius 2 is 2.50 bits per heavy atom. The van der Waals surface area contributed by atoms with Crippen LogP contribution in [0.25, 0.3) is 0 Å². The van der Waals surface area contributed by atoms with Gasteiger partial charge in [-0.1, -0.05) is 10.4 Å². The zero-order chi connectivity index (χ0) is 9.97. The SMILES string of the molecule is C[C@H](N)c1cnnn1Cc1ncon1. The molecular weight excluding hydrogens is 184 g/mol. The lowest BCUT2D eigenvalue weighted by Crippen LogP contribution is -2.14.